The molecule has 0 radical (unpaired) electrons. The summed E-state index contributed by atoms with van der Waals surface area (Å²) in [7, 11) is -2.89. The Hall–Kier alpha value is -0.780. The predicted octanol–water partition coefficient (Wildman–Crippen LogP) is -1.00. The van der Waals surface area contributed by atoms with Crippen LogP contribution in [0.3, 0.4) is 0 Å². The largest absolute Gasteiger partial charge is 0.370 e. The van der Waals surface area contributed by atoms with Gasteiger partial charge in [-0.1, -0.05) is 0 Å². The van der Waals surface area contributed by atoms with Crippen LogP contribution in [0.15, 0.2) is 0 Å². The third kappa shape index (κ3) is 1.88. The van der Waals surface area contributed by atoms with Crippen molar-refractivity contribution in [3.8, 4) is 0 Å². The fourth-order valence-electron chi connectivity index (χ4n) is 1.36. The van der Waals surface area contributed by atoms with E-state index in [-0.39, 0.29) is 23.5 Å². The summed E-state index contributed by atoms with van der Waals surface area (Å²) in [6.45, 7) is 2.11. The van der Waals surface area contributed by atoms with Crippen LogP contribution in [0.25, 0.3) is 0 Å². The van der Waals surface area contributed by atoms with Gasteiger partial charge < -0.3 is 10.6 Å². The van der Waals surface area contributed by atoms with Gasteiger partial charge in [0.15, 0.2) is 15.8 Å². The van der Waals surface area contributed by atoms with Gasteiger partial charge in [-0.15, -0.1) is 0 Å². The zero-order valence-electron chi connectivity index (χ0n) is 6.95. The number of guanidine groups is 1. The summed E-state index contributed by atoms with van der Waals surface area (Å²) in [6.07, 6.45) is 0. The van der Waals surface area contributed by atoms with E-state index in [0.717, 1.165) is 0 Å². The minimum absolute atomic E-state index is 0.0441. The molecule has 1 saturated heterocycles. The predicted molar refractivity (Wildman–Crippen MR) is 46.7 cm³/mol. The molecule has 1 aliphatic rings. The van der Waals surface area contributed by atoms with Crippen molar-refractivity contribution in [1.29, 1.82) is 5.41 Å². The topological polar surface area (TPSA) is 87.2 Å². The van der Waals surface area contributed by atoms with E-state index in [2.05, 4.69) is 0 Å². The average molecular weight is 191 g/mol. The van der Waals surface area contributed by atoms with Crippen LogP contribution in [-0.2, 0) is 9.84 Å². The second-order valence-corrected chi connectivity index (χ2v) is 5.27. The maximum Gasteiger partial charge on any atom is 0.188 e. The smallest absolute Gasteiger partial charge is 0.188 e. The Morgan fingerprint density at radius 2 is 2.25 bits per heavy atom. The molecule has 1 unspecified atom stereocenters. The molecule has 1 heterocycles. The summed E-state index contributed by atoms with van der Waals surface area (Å²) in [5.41, 5.74) is 5.26. The minimum atomic E-state index is -2.89. The van der Waals surface area contributed by atoms with Gasteiger partial charge in [0.2, 0.25) is 0 Å². The van der Waals surface area contributed by atoms with E-state index in [1.807, 2.05) is 0 Å². The van der Waals surface area contributed by atoms with Crippen LogP contribution in [0.2, 0.25) is 0 Å². The minimum Gasteiger partial charge on any atom is -0.370 e. The van der Waals surface area contributed by atoms with Crippen molar-refractivity contribution in [1.82, 2.24) is 4.90 Å². The molecule has 0 spiro atoms. The zero-order valence-corrected chi connectivity index (χ0v) is 7.76. The Morgan fingerprint density at radius 1 is 1.67 bits per heavy atom. The van der Waals surface area contributed by atoms with Gasteiger partial charge in [0.05, 0.1) is 11.5 Å². The van der Waals surface area contributed by atoms with Crippen molar-refractivity contribution in [2.75, 3.05) is 18.1 Å². The summed E-state index contributed by atoms with van der Waals surface area (Å²) in [6, 6.07) is -0.166. The third-order valence-corrected chi connectivity index (χ3v) is 3.77. The van der Waals surface area contributed by atoms with Crippen molar-refractivity contribution >= 4 is 15.8 Å². The molecule has 5 nitrogen and oxygen atoms in total. The van der Waals surface area contributed by atoms with Gasteiger partial charge >= 0.3 is 0 Å². The second kappa shape index (κ2) is 2.93. The van der Waals surface area contributed by atoms with Gasteiger partial charge in [0, 0.05) is 12.6 Å². The Bertz CT molecular complexity index is 285. The van der Waals surface area contributed by atoms with Gasteiger partial charge in [-0.3, -0.25) is 5.41 Å². The van der Waals surface area contributed by atoms with E-state index in [1.54, 1.807) is 11.8 Å². The molecular formula is C6H13N3O2S. The van der Waals surface area contributed by atoms with Crippen LogP contribution in [0, 0.1) is 5.41 Å². The van der Waals surface area contributed by atoms with E-state index >= 15 is 0 Å². The highest BCUT2D eigenvalue weighted by Crippen LogP contribution is 2.09. The number of nitrogens with zero attached hydrogens (tertiary/aromatic N) is 1. The quantitative estimate of drug-likeness (QED) is 0.380. The van der Waals surface area contributed by atoms with Crippen LogP contribution < -0.4 is 5.73 Å². The molecule has 6 heteroatoms. The number of hydrogen-bond acceptors (Lipinski definition) is 3. The van der Waals surface area contributed by atoms with Crippen LogP contribution >= 0.6 is 0 Å². The lowest BCUT2D eigenvalue weighted by molar-refractivity contribution is 0.347. The van der Waals surface area contributed by atoms with Gasteiger partial charge in [-0.25, -0.2) is 8.42 Å². The summed E-state index contributed by atoms with van der Waals surface area (Å²) < 4.78 is 22.2. The highest BCUT2D eigenvalue weighted by molar-refractivity contribution is 7.91. The number of nitrogens with two attached hydrogens (primary N) is 1. The summed E-state index contributed by atoms with van der Waals surface area (Å²) in [4.78, 5) is 1.60. The van der Waals surface area contributed by atoms with E-state index < -0.39 is 9.84 Å². The molecule has 0 bridgehead atoms. The lowest BCUT2D eigenvalue weighted by Crippen LogP contribution is -2.52. The Morgan fingerprint density at radius 3 is 2.67 bits per heavy atom. The van der Waals surface area contributed by atoms with Crippen molar-refractivity contribution in [3.63, 3.8) is 0 Å². The fraction of sp³-hybridized carbons (Fsp3) is 0.833. The maximum atomic E-state index is 11.1. The first-order valence-corrected chi connectivity index (χ1v) is 5.55. The molecule has 0 aliphatic carbocycles. The molecule has 70 valence electrons. The zero-order chi connectivity index (χ0) is 9.35. The van der Waals surface area contributed by atoms with Crippen molar-refractivity contribution < 1.29 is 8.42 Å². The molecule has 0 saturated carbocycles. The first kappa shape index (κ1) is 9.31. The van der Waals surface area contributed by atoms with Crippen molar-refractivity contribution in [2.45, 2.75) is 13.0 Å². The normalized spacial score (nSPS) is 28.4. The molecular weight excluding hydrogens is 178 g/mol. The molecule has 0 amide bonds. The number of hydrogen-bond donors (Lipinski definition) is 2. The lowest BCUT2D eigenvalue weighted by atomic mass is 10.3. The number of rotatable bonds is 0. The monoisotopic (exact) mass is 191 g/mol. The van der Waals surface area contributed by atoms with Crippen LogP contribution in [-0.4, -0.2) is 43.4 Å². The maximum absolute atomic E-state index is 11.1. The molecule has 1 rings (SSSR count). The van der Waals surface area contributed by atoms with E-state index in [4.69, 9.17) is 11.1 Å². The van der Waals surface area contributed by atoms with Crippen LogP contribution in [0.5, 0.6) is 0 Å². The summed E-state index contributed by atoms with van der Waals surface area (Å²) in [5.74, 6) is 0.168. The van der Waals surface area contributed by atoms with E-state index in [1.165, 1.54) is 0 Å². The molecule has 1 aliphatic heterocycles. The fourth-order valence-corrected chi connectivity index (χ4v) is 2.91. The number of nitrogens with one attached hydrogen (secondary N) is 1. The molecule has 12 heavy (non-hydrogen) atoms. The molecule has 0 aromatic carbocycles. The van der Waals surface area contributed by atoms with Gasteiger partial charge in [0.25, 0.3) is 0 Å². The molecule has 3 N–H and O–H groups in total. The number of sulfone groups is 1. The summed E-state index contributed by atoms with van der Waals surface area (Å²) in [5, 5.41) is 7.16. The summed E-state index contributed by atoms with van der Waals surface area (Å²) >= 11 is 0. The van der Waals surface area contributed by atoms with Crippen molar-refractivity contribution in [2.24, 2.45) is 5.73 Å². The second-order valence-electron chi connectivity index (χ2n) is 3.04. The lowest BCUT2D eigenvalue weighted by Gasteiger charge is -2.33. The Balaban J connectivity index is 2.72. The highest BCUT2D eigenvalue weighted by Gasteiger charge is 2.28. The van der Waals surface area contributed by atoms with E-state index in [0.29, 0.717) is 6.54 Å². The van der Waals surface area contributed by atoms with Gasteiger partial charge in [0.1, 0.15) is 0 Å². The van der Waals surface area contributed by atoms with Gasteiger partial charge in [-0.2, -0.15) is 0 Å². The molecule has 0 aromatic rings. The average Bonchev–Trinajstić information content (AvgIpc) is 1.83. The first-order chi connectivity index (χ1) is 5.42. The third-order valence-electron chi connectivity index (χ3n) is 1.98. The van der Waals surface area contributed by atoms with E-state index in [9.17, 15) is 8.42 Å². The van der Waals surface area contributed by atoms with Crippen molar-refractivity contribution in [3.05, 3.63) is 0 Å². The Labute approximate surface area is 72.0 Å². The highest BCUT2D eigenvalue weighted by atomic mass is 32.2. The standard InChI is InChI=1S/C6H13N3O2S/c1-5-4-12(10,11)3-2-9(5)6(7)8/h5H,2-4H2,1H3,(H3,7,8). The van der Waals surface area contributed by atoms with Crippen LogP contribution in [0.4, 0.5) is 0 Å². The van der Waals surface area contributed by atoms with Crippen LogP contribution in [0.1, 0.15) is 6.92 Å². The molecule has 1 atom stereocenters. The first-order valence-electron chi connectivity index (χ1n) is 3.73. The Kier molecular flexibility index (Phi) is 2.27. The van der Waals surface area contributed by atoms with Gasteiger partial charge in [-0.05, 0) is 6.92 Å². The molecule has 1 fully saturated rings. The molecule has 0 aromatic heterocycles. The SMILES string of the molecule is CC1CS(=O)(=O)CCN1C(=N)N.